The molecule has 0 aliphatic carbocycles. The highest BCUT2D eigenvalue weighted by atomic mass is 35.5. The van der Waals surface area contributed by atoms with Crippen LogP contribution in [0.5, 0.6) is 0 Å². The monoisotopic (exact) mass is 319 g/mol. The molecule has 0 aliphatic heterocycles. The number of hydrogen-bond acceptors (Lipinski definition) is 5. The maximum atomic E-state index is 6.32. The molecule has 3 aromatic rings. The summed E-state index contributed by atoms with van der Waals surface area (Å²) < 4.78 is 0. The molecule has 5 nitrogen and oxygen atoms in total. The van der Waals surface area contributed by atoms with Crippen LogP contribution in [0.15, 0.2) is 40.8 Å². The summed E-state index contributed by atoms with van der Waals surface area (Å²) in [5, 5.41) is 1.55. The second-order valence-corrected chi connectivity index (χ2v) is 6.22. The lowest BCUT2D eigenvalue weighted by atomic mass is 10.1. The molecular weight excluding hydrogens is 306 g/mol. The number of benzene rings is 1. The molecule has 0 aliphatic rings. The lowest BCUT2D eigenvalue weighted by Crippen LogP contribution is -2.18. The highest BCUT2D eigenvalue weighted by Crippen LogP contribution is 2.35. The van der Waals surface area contributed by atoms with Crippen LogP contribution in [0.1, 0.15) is 12.5 Å². The largest absolute Gasteiger partial charge is 0.341 e. The molecule has 0 saturated heterocycles. The summed E-state index contributed by atoms with van der Waals surface area (Å²) in [6.07, 6.45) is 3.85. The quantitative estimate of drug-likeness (QED) is 0.722. The van der Waals surface area contributed by atoms with E-state index >= 15 is 0 Å². The summed E-state index contributed by atoms with van der Waals surface area (Å²) in [6.45, 7) is 1.97. The molecule has 7 heteroatoms. The van der Waals surface area contributed by atoms with Crippen molar-refractivity contribution in [3.05, 3.63) is 41.4 Å². The summed E-state index contributed by atoms with van der Waals surface area (Å²) in [7, 11) is 0. The standard InChI is InChI=1S/C14H14ClN5S/c1-8(16)5-9-10(15)3-2-4-11(9)21-14-12-13(18-6-17-12)19-7-20-14/h2-4,6-8H,5,16H2,1H3,(H,17,18,19,20). The van der Waals surface area contributed by atoms with E-state index < -0.39 is 0 Å². The number of nitrogens with one attached hydrogen (secondary N) is 1. The normalized spacial score (nSPS) is 12.7. The molecule has 2 heterocycles. The van der Waals surface area contributed by atoms with E-state index in [0.717, 1.165) is 32.4 Å². The summed E-state index contributed by atoms with van der Waals surface area (Å²) in [6, 6.07) is 5.88. The van der Waals surface area contributed by atoms with Gasteiger partial charge < -0.3 is 10.7 Å². The van der Waals surface area contributed by atoms with Crippen molar-refractivity contribution in [2.24, 2.45) is 5.73 Å². The predicted octanol–water partition coefficient (Wildman–Crippen LogP) is 3.05. The summed E-state index contributed by atoms with van der Waals surface area (Å²) in [4.78, 5) is 16.7. The van der Waals surface area contributed by atoms with Crippen LogP contribution in [0, 0.1) is 0 Å². The van der Waals surface area contributed by atoms with Crippen LogP contribution in [0.25, 0.3) is 11.2 Å². The first-order valence-electron chi connectivity index (χ1n) is 6.50. The van der Waals surface area contributed by atoms with E-state index in [0.29, 0.717) is 5.65 Å². The summed E-state index contributed by atoms with van der Waals surface area (Å²) in [5.41, 5.74) is 8.45. The lowest BCUT2D eigenvalue weighted by molar-refractivity contribution is 0.729. The van der Waals surface area contributed by atoms with E-state index in [2.05, 4.69) is 19.9 Å². The molecule has 0 bridgehead atoms. The van der Waals surface area contributed by atoms with Crippen LogP contribution >= 0.6 is 23.4 Å². The van der Waals surface area contributed by atoms with Crippen molar-refractivity contribution in [1.29, 1.82) is 0 Å². The molecule has 3 rings (SSSR count). The number of aromatic nitrogens is 4. The fourth-order valence-corrected chi connectivity index (χ4v) is 3.41. The topological polar surface area (TPSA) is 80.5 Å². The highest BCUT2D eigenvalue weighted by Gasteiger charge is 2.13. The summed E-state index contributed by atoms with van der Waals surface area (Å²) in [5.74, 6) is 0. The average Bonchev–Trinajstić information content (AvgIpc) is 2.92. The van der Waals surface area contributed by atoms with Crippen LogP contribution in [-0.4, -0.2) is 26.0 Å². The van der Waals surface area contributed by atoms with Gasteiger partial charge in [0.1, 0.15) is 16.9 Å². The number of rotatable bonds is 4. The second-order valence-electron chi connectivity index (χ2n) is 4.78. The Morgan fingerprint density at radius 2 is 2.19 bits per heavy atom. The third kappa shape index (κ3) is 3.02. The van der Waals surface area contributed by atoms with Gasteiger partial charge >= 0.3 is 0 Å². The molecule has 21 heavy (non-hydrogen) atoms. The van der Waals surface area contributed by atoms with Gasteiger partial charge in [-0.3, -0.25) is 0 Å². The van der Waals surface area contributed by atoms with Gasteiger partial charge in [-0.25, -0.2) is 15.0 Å². The maximum absolute atomic E-state index is 6.32. The maximum Gasteiger partial charge on any atom is 0.181 e. The van der Waals surface area contributed by atoms with Crippen LogP contribution in [-0.2, 0) is 6.42 Å². The fraction of sp³-hybridized carbons (Fsp3) is 0.214. The van der Waals surface area contributed by atoms with Crippen LogP contribution < -0.4 is 5.73 Å². The van der Waals surface area contributed by atoms with Gasteiger partial charge in [-0.15, -0.1) is 0 Å². The molecule has 0 spiro atoms. The predicted molar refractivity (Wildman–Crippen MR) is 84.6 cm³/mol. The Bertz CT molecular complexity index is 771. The van der Waals surface area contributed by atoms with Gasteiger partial charge in [-0.2, -0.15) is 0 Å². The van der Waals surface area contributed by atoms with E-state index in [1.165, 1.54) is 6.33 Å². The molecular formula is C14H14ClN5S. The molecule has 1 aromatic carbocycles. The van der Waals surface area contributed by atoms with Crippen molar-refractivity contribution < 1.29 is 0 Å². The second kappa shape index (κ2) is 6.01. The fourth-order valence-electron chi connectivity index (χ4n) is 2.08. The van der Waals surface area contributed by atoms with Crippen molar-refractivity contribution in [1.82, 2.24) is 19.9 Å². The number of fused-ring (bicyclic) bond motifs is 1. The van der Waals surface area contributed by atoms with Gasteiger partial charge in [-0.1, -0.05) is 29.4 Å². The third-order valence-corrected chi connectivity index (χ3v) is 4.46. The number of imidazole rings is 1. The number of H-pyrrole nitrogens is 1. The van der Waals surface area contributed by atoms with Gasteiger partial charge in [0, 0.05) is 16.0 Å². The minimum atomic E-state index is 0.0434. The minimum absolute atomic E-state index is 0.0434. The van der Waals surface area contributed by atoms with Crippen molar-refractivity contribution in [3.8, 4) is 0 Å². The van der Waals surface area contributed by atoms with Gasteiger partial charge in [0.25, 0.3) is 0 Å². The smallest absolute Gasteiger partial charge is 0.181 e. The van der Waals surface area contributed by atoms with Crippen LogP contribution in [0.4, 0.5) is 0 Å². The minimum Gasteiger partial charge on any atom is -0.341 e. The van der Waals surface area contributed by atoms with Crippen LogP contribution in [0.3, 0.4) is 0 Å². The number of hydrogen-bond donors (Lipinski definition) is 2. The third-order valence-electron chi connectivity index (χ3n) is 3.00. The Morgan fingerprint density at radius 1 is 1.33 bits per heavy atom. The number of aromatic amines is 1. The van der Waals surface area contributed by atoms with E-state index in [1.54, 1.807) is 18.1 Å². The van der Waals surface area contributed by atoms with Crippen molar-refractivity contribution in [2.75, 3.05) is 0 Å². The first-order chi connectivity index (χ1) is 10.1. The van der Waals surface area contributed by atoms with E-state index in [1.807, 2.05) is 25.1 Å². The van der Waals surface area contributed by atoms with Crippen molar-refractivity contribution in [3.63, 3.8) is 0 Å². The average molecular weight is 320 g/mol. The van der Waals surface area contributed by atoms with Crippen molar-refractivity contribution in [2.45, 2.75) is 29.3 Å². The van der Waals surface area contributed by atoms with Gasteiger partial charge in [-0.05, 0) is 31.0 Å². The molecule has 1 atom stereocenters. The number of nitrogens with two attached hydrogens (primary N) is 1. The van der Waals surface area contributed by atoms with E-state index in [9.17, 15) is 0 Å². The Kier molecular flexibility index (Phi) is 4.10. The van der Waals surface area contributed by atoms with Gasteiger partial charge in [0.2, 0.25) is 0 Å². The number of halogens is 1. The Hall–Kier alpha value is -1.63. The van der Waals surface area contributed by atoms with E-state index in [-0.39, 0.29) is 6.04 Å². The Labute approximate surface area is 131 Å². The molecule has 0 saturated carbocycles. The SMILES string of the molecule is CC(N)Cc1c(Cl)cccc1Sc1ncnc2nc[nH]c12. The first-order valence-corrected chi connectivity index (χ1v) is 7.69. The van der Waals surface area contributed by atoms with E-state index in [4.69, 9.17) is 17.3 Å². The van der Waals surface area contributed by atoms with Gasteiger partial charge in [0.15, 0.2) is 5.65 Å². The summed E-state index contributed by atoms with van der Waals surface area (Å²) >= 11 is 7.86. The lowest BCUT2D eigenvalue weighted by Gasteiger charge is -2.13. The van der Waals surface area contributed by atoms with Crippen LogP contribution in [0.2, 0.25) is 5.02 Å². The molecule has 108 valence electrons. The first kappa shape index (κ1) is 14.3. The Morgan fingerprint density at radius 3 is 3.00 bits per heavy atom. The zero-order valence-electron chi connectivity index (χ0n) is 11.4. The zero-order chi connectivity index (χ0) is 14.8. The van der Waals surface area contributed by atoms with Gasteiger partial charge in [0.05, 0.1) is 6.33 Å². The zero-order valence-corrected chi connectivity index (χ0v) is 12.9. The molecule has 0 radical (unpaired) electrons. The van der Waals surface area contributed by atoms with Crippen molar-refractivity contribution >= 4 is 34.5 Å². The molecule has 0 fully saturated rings. The Balaban J connectivity index is 2.02. The number of nitrogens with zero attached hydrogens (tertiary/aromatic N) is 3. The molecule has 2 aromatic heterocycles. The highest BCUT2D eigenvalue weighted by molar-refractivity contribution is 7.99. The molecule has 0 amide bonds. The molecule has 1 unspecified atom stereocenters. The molecule has 3 N–H and O–H groups in total.